The van der Waals surface area contributed by atoms with Gasteiger partial charge < -0.3 is 9.47 Å². The average molecular weight is 569 g/mol. The molecule has 3 aromatic rings. The molecule has 6 nitrogen and oxygen atoms in total. The number of methoxy groups -OCH3 is 1. The van der Waals surface area contributed by atoms with E-state index in [0.29, 0.717) is 21.9 Å². The number of carbonyl (C=O) groups excluding carboxylic acids is 2. The molecular weight excluding hydrogens is 554 g/mol. The molecule has 0 atom stereocenters. The Morgan fingerprint density at radius 3 is 2.48 bits per heavy atom. The first-order valence-electron chi connectivity index (χ1n) is 8.82. The minimum atomic E-state index is -0.608. The summed E-state index contributed by atoms with van der Waals surface area (Å²) in [6.45, 7) is 0. The Labute approximate surface area is 202 Å². The van der Waals surface area contributed by atoms with Gasteiger partial charge in [-0.25, -0.2) is 10.2 Å². The molecule has 0 heterocycles. The van der Waals surface area contributed by atoms with Crippen LogP contribution in [0.1, 0.15) is 26.3 Å². The normalized spacial score (nSPS) is 10.7. The second-order valence-corrected chi connectivity index (χ2v) is 8.08. The molecule has 1 amide bonds. The van der Waals surface area contributed by atoms with Crippen molar-refractivity contribution in [2.24, 2.45) is 5.10 Å². The molecule has 3 aromatic carbocycles. The first-order valence-corrected chi connectivity index (χ1v) is 10.7. The van der Waals surface area contributed by atoms with E-state index in [-0.39, 0.29) is 22.2 Å². The first-order chi connectivity index (χ1) is 14.9. The molecule has 0 radical (unpaired) electrons. The number of benzene rings is 3. The van der Waals surface area contributed by atoms with Gasteiger partial charge in [0, 0.05) is 3.57 Å². The number of halogens is 3. The molecule has 3 rings (SSSR count). The van der Waals surface area contributed by atoms with Crippen LogP contribution in [-0.2, 0) is 0 Å². The van der Waals surface area contributed by atoms with Crippen molar-refractivity contribution in [3.05, 3.63) is 91.0 Å². The Bertz CT molecular complexity index is 1170. The average Bonchev–Trinajstić information content (AvgIpc) is 2.76. The van der Waals surface area contributed by atoms with E-state index in [9.17, 15) is 9.59 Å². The predicted octanol–water partition coefficient (Wildman–Crippen LogP) is 5.59. The molecule has 0 aromatic heterocycles. The zero-order chi connectivity index (χ0) is 22.4. The lowest BCUT2D eigenvalue weighted by Crippen LogP contribution is -2.18. The van der Waals surface area contributed by atoms with Gasteiger partial charge in [-0.05, 0) is 76.7 Å². The Balaban J connectivity index is 1.70. The van der Waals surface area contributed by atoms with Gasteiger partial charge >= 0.3 is 5.97 Å². The number of amides is 1. The lowest BCUT2D eigenvalue weighted by Gasteiger charge is -2.10. The molecule has 0 spiro atoms. The van der Waals surface area contributed by atoms with Gasteiger partial charge in [0.2, 0.25) is 0 Å². The lowest BCUT2D eigenvalue weighted by atomic mass is 10.2. The van der Waals surface area contributed by atoms with E-state index in [1.807, 2.05) is 12.1 Å². The largest absolute Gasteiger partial charge is 0.493 e. The molecule has 158 valence electrons. The lowest BCUT2D eigenvalue weighted by molar-refractivity contribution is 0.0729. The van der Waals surface area contributed by atoms with Crippen molar-refractivity contribution in [2.45, 2.75) is 0 Å². The van der Waals surface area contributed by atoms with Crippen molar-refractivity contribution >= 4 is 63.9 Å². The van der Waals surface area contributed by atoms with E-state index in [4.69, 9.17) is 32.7 Å². The zero-order valence-corrected chi connectivity index (χ0v) is 19.7. The van der Waals surface area contributed by atoms with Crippen molar-refractivity contribution in [1.82, 2.24) is 5.43 Å². The third kappa shape index (κ3) is 5.96. The Kier molecular flexibility index (Phi) is 7.89. The third-order valence-electron chi connectivity index (χ3n) is 4.04. The molecule has 9 heteroatoms. The van der Waals surface area contributed by atoms with Crippen LogP contribution < -0.4 is 14.9 Å². The van der Waals surface area contributed by atoms with Crippen LogP contribution in [0.2, 0.25) is 10.0 Å². The SMILES string of the molecule is COc1cc(C=NNC(=O)c2ccccc2I)ccc1OC(=O)c1ccc(Cl)c(Cl)c1. The van der Waals surface area contributed by atoms with Gasteiger partial charge in [-0.15, -0.1) is 0 Å². The van der Waals surface area contributed by atoms with E-state index in [1.165, 1.54) is 31.5 Å². The maximum absolute atomic E-state index is 12.4. The van der Waals surface area contributed by atoms with Crippen LogP contribution in [0, 0.1) is 3.57 Å². The highest BCUT2D eigenvalue weighted by atomic mass is 127. The minimum absolute atomic E-state index is 0.221. The second-order valence-electron chi connectivity index (χ2n) is 6.11. The molecule has 31 heavy (non-hydrogen) atoms. The molecule has 1 N–H and O–H groups in total. The summed E-state index contributed by atoms with van der Waals surface area (Å²) >= 11 is 13.9. The summed E-state index contributed by atoms with van der Waals surface area (Å²) in [6.07, 6.45) is 1.46. The highest BCUT2D eigenvalue weighted by molar-refractivity contribution is 14.1. The molecule has 0 fully saturated rings. The maximum atomic E-state index is 12.4. The summed E-state index contributed by atoms with van der Waals surface area (Å²) in [6, 6.07) is 16.5. The van der Waals surface area contributed by atoms with Crippen LogP contribution in [-0.4, -0.2) is 25.2 Å². The van der Waals surface area contributed by atoms with Crippen LogP contribution in [0.4, 0.5) is 0 Å². The quantitative estimate of drug-likeness (QED) is 0.138. The van der Waals surface area contributed by atoms with Crippen molar-refractivity contribution in [3.63, 3.8) is 0 Å². The number of esters is 1. The smallest absolute Gasteiger partial charge is 0.343 e. The molecule has 0 aliphatic heterocycles. The number of nitrogens with zero attached hydrogens (tertiary/aromatic N) is 1. The molecular formula is C22H15Cl2IN2O4. The summed E-state index contributed by atoms with van der Waals surface area (Å²) in [7, 11) is 1.45. The standard InChI is InChI=1S/C22H15Cl2IN2O4/c1-30-20-10-13(12-26-27-21(28)15-4-2-3-5-18(15)25)6-9-19(20)31-22(29)14-7-8-16(23)17(24)11-14/h2-12H,1H3,(H,27,28). The van der Waals surface area contributed by atoms with Gasteiger partial charge in [0.1, 0.15) is 0 Å². The number of rotatable bonds is 6. The fourth-order valence-electron chi connectivity index (χ4n) is 2.50. The van der Waals surface area contributed by atoms with Crippen LogP contribution in [0.15, 0.2) is 65.8 Å². The number of ether oxygens (including phenoxy) is 2. The molecule has 0 saturated heterocycles. The van der Waals surface area contributed by atoms with Gasteiger partial charge in [-0.1, -0.05) is 35.3 Å². The molecule has 0 saturated carbocycles. The number of hydrogen-bond donors (Lipinski definition) is 1. The van der Waals surface area contributed by atoms with Crippen LogP contribution >= 0.6 is 45.8 Å². The second kappa shape index (κ2) is 10.6. The Morgan fingerprint density at radius 2 is 1.77 bits per heavy atom. The van der Waals surface area contributed by atoms with Crippen molar-refractivity contribution < 1.29 is 19.1 Å². The predicted molar refractivity (Wildman–Crippen MR) is 129 cm³/mol. The van der Waals surface area contributed by atoms with E-state index >= 15 is 0 Å². The zero-order valence-electron chi connectivity index (χ0n) is 16.1. The highest BCUT2D eigenvalue weighted by Gasteiger charge is 2.14. The topological polar surface area (TPSA) is 77.0 Å². The van der Waals surface area contributed by atoms with Crippen molar-refractivity contribution in [2.75, 3.05) is 7.11 Å². The van der Waals surface area contributed by atoms with Gasteiger partial charge in [-0.3, -0.25) is 4.79 Å². The monoisotopic (exact) mass is 568 g/mol. The summed E-state index contributed by atoms with van der Waals surface area (Å²) in [5, 5.41) is 4.57. The van der Waals surface area contributed by atoms with Crippen molar-refractivity contribution in [1.29, 1.82) is 0 Å². The van der Waals surface area contributed by atoms with E-state index in [2.05, 4.69) is 33.1 Å². The van der Waals surface area contributed by atoms with Gasteiger partial charge in [0.15, 0.2) is 11.5 Å². The van der Waals surface area contributed by atoms with Crippen molar-refractivity contribution in [3.8, 4) is 11.5 Å². The highest BCUT2D eigenvalue weighted by Crippen LogP contribution is 2.29. The summed E-state index contributed by atoms with van der Waals surface area (Å²) in [5.41, 5.74) is 3.89. The number of carbonyl (C=O) groups is 2. The molecule has 0 aliphatic carbocycles. The summed E-state index contributed by atoms with van der Waals surface area (Å²) in [4.78, 5) is 24.6. The fourth-order valence-corrected chi connectivity index (χ4v) is 3.43. The van der Waals surface area contributed by atoms with E-state index in [0.717, 1.165) is 3.57 Å². The van der Waals surface area contributed by atoms with Gasteiger partial charge in [-0.2, -0.15) is 5.10 Å². The Morgan fingerprint density at radius 1 is 1.00 bits per heavy atom. The van der Waals surface area contributed by atoms with Crippen LogP contribution in [0.5, 0.6) is 11.5 Å². The first kappa shape index (κ1) is 23.1. The minimum Gasteiger partial charge on any atom is -0.493 e. The number of hydrazone groups is 1. The summed E-state index contributed by atoms with van der Waals surface area (Å²) < 4.78 is 11.5. The molecule has 0 aliphatic rings. The van der Waals surface area contributed by atoms with Gasteiger partial charge in [0.05, 0.1) is 34.5 Å². The Hall–Kier alpha value is -2.62. The van der Waals surface area contributed by atoms with E-state index < -0.39 is 5.97 Å². The number of nitrogens with one attached hydrogen (secondary N) is 1. The van der Waals surface area contributed by atoms with E-state index in [1.54, 1.807) is 30.3 Å². The number of hydrogen-bond acceptors (Lipinski definition) is 5. The maximum Gasteiger partial charge on any atom is 0.343 e. The summed E-state index contributed by atoms with van der Waals surface area (Å²) in [5.74, 6) is -0.386. The van der Waals surface area contributed by atoms with Crippen LogP contribution in [0.25, 0.3) is 0 Å². The molecule has 0 bridgehead atoms. The van der Waals surface area contributed by atoms with Crippen LogP contribution in [0.3, 0.4) is 0 Å². The fraction of sp³-hybridized carbons (Fsp3) is 0.0455. The van der Waals surface area contributed by atoms with Gasteiger partial charge in [0.25, 0.3) is 5.91 Å². The third-order valence-corrected chi connectivity index (χ3v) is 5.72. The molecule has 0 unspecified atom stereocenters.